The van der Waals surface area contributed by atoms with E-state index in [-0.39, 0.29) is 15.7 Å². The average molecular weight is 340 g/mol. The Hall–Kier alpha value is -1.92. The van der Waals surface area contributed by atoms with Crippen molar-refractivity contribution in [1.29, 1.82) is 0 Å². The molecule has 0 unspecified atom stereocenters. The first-order valence-corrected chi connectivity index (χ1v) is 8.52. The molecule has 0 saturated carbocycles. The summed E-state index contributed by atoms with van der Waals surface area (Å²) in [5.41, 5.74) is 1.17. The Bertz CT molecular complexity index is 880. The minimum Gasteiger partial charge on any atom is -0.322 e. The third-order valence-electron chi connectivity index (χ3n) is 3.51. The predicted octanol–water partition coefficient (Wildman–Crippen LogP) is 3.06. The van der Waals surface area contributed by atoms with E-state index in [0.717, 1.165) is 6.07 Å². The molecule has 0 fully saturated rings. The number of amides is 1. The zero-order valence-corrected chi connectivity index (χ0v) is 12.8. The first-order chi connectivity index (χ1) is 10.4. The molecule has 1 heterocycles. The smallest absolute Gasteiger partial charge is 0.255 e. The molecule has 4 nitrogen and oxygen atoms in total. The first kappa shape index (κ1) is 15.0. The topological polar surface area (TPSA) is 63.2 Å². The Morgan fingerprint density at radius 2 is 2.00 bits per heavy atom. The fraction of sp³-hybridized carbons (Fsp3) is 0.133. The second kappa shape index (κ2) is 5.37. The van der Waals surface area contributed by atoms with Gasteiger partial charge in [-0.1, -0.05) is 17.7 Å². The van der Waals surface area contributed by atoms with Crippen molar-refractivity contribution in [1.82, 2.24) is 0 Å². The Morgan fingerprint density at radius 1 is 1.23 bits per heavy atom. The lowest BCUT2D eigenvalue weighted by molar-refractivity contribution is 0.102. The van der Waals surface area contributed by atoms with Gasteiger partial charge in [-0.3, -0.25) is 4.79 Å². The third kappa shape index (κ3) is 2.60. The predicted molar refractivity (Wildman–Crippen MR) is 81.6 cm³/mol. The zero-order chi connectivity index (χ0) is 15.9. The van der Waals surface area contributed by atoms with E-state index in [4.69, 9.17) is 11.6 Å². The number of halogens is 2. The summed E-state index contributed by atoms with van der Waals surface area (Å²) in [7, 11) is -3.30. The molecule has 1 aliphatic heterocycles. The molecule has 0 spiro atoms. The molecule has 0 aromatic heterocycles. The van der Waals surface area contributed by atoms with Crippen LogP contribution in [0.25, 0.3) is 0 Å². The van der Waals surface area contributed by atoms with Crippen LogP contribution in [-0.4, -0.2) is 20.1 Å². The van der Waals surface area contributed by atoms with Crippen LogP contribution in [0.15, 0.2) is 41.3 Å². The molecule has 1 amide bonds. The third-order valence-corrected chi connectivity index (χ3v) is 5.59. The fourth-order valence-electron chi connectivity index (χ4n) is 2.45. The van der Waals surface area contributed by atoms with E-state index in [9.17, 15) is 17.6 Å². The molecular formula is C15H11ClFNO3S. The van der Waals surface area contributed by atoms with E-state index < -0.39 is 21.6 Å². The van der Waals surface area contributed by atoms with Gasteiger partial charge in [0.05, 0.1) is 15.7 Å². The minimum absolute atomic E-state index is 0.00893. The molecular weight excluding hydrogens is 329 g/mol. The number of hydrogen-bond acceptors (Lipinski definition) is 3. The summed E-state index contributed by atoms with van der Waals surface area (Å²) in [6.45, 7) is 0. The van der Waals surface area contributed by atoms with Gasteiger partial charge in [0.15, 0.2) is 9.84 Å². The van der Waals surface area contributed by atoms with Crippen molar-refractivity contribution in [3.8, 4) is 0 Å². The van der Waals surface area contributed by atoms with Gasteiger partial charge in [-0.25, -0.2) is 12.8 Å². The van der Waals surface area contributed by atoms with Crippen molar-refractivity contribution in [2.75, 3.05) is 11.1 Å². The summed E-state index contributed by atoms with van der Waals surface area (Å²) in [5, 5.41) is 2.50. The van der Waals surface area contributed by atoms with Crippen LogP contribution in [0.3, 0.4) is 0 Å². The highest BCUT2D eigenvalue weighted by Gasteiger charge is 2.29. The van der Waals surface area contributed by atoms with Crippen molar-refractivity contribution in [3.63, 3.8) is 0 Å². The summed E-state index contributed by atoms with van der Waals surface area (Å²) in [6.07, 6.45) is 0.311. The van der Waals surface area contributed by atoms with E-state index in [1.807, 2.05) is 0 Å². The van der Waals surface area contributed by atoms with Crippen LogP contribution >= 0.6 is 11.6 Å². The Labute approximate surface area is 131 Å². The molecule has 0 atom stereocenters. The molecule has 0 bridgehead atoms. The molecule has 0 saturated heterocycles. The molecule has 7 heteroatoms. The first-order valence-electron chi connectivity index (χ1n) is 6.49. The molecule has 0 aliphatic carbocycles. The van der Waals surface area contributed by atoms with Crippen molar-refractivity contribution in [2.24, 2.45) is 0 Å². The number of sulfone groups is 1. The van der Waals surface area contributed by atoms with Crippen molar-refractivity contribution >= 4 is 33.0 Å². The van der Waals surface area contributed by atoms with Gasteiger partial charge in [-0.2, -0.15) is 0 Å². The van der Waals surface area contributed by atoms with E-state index in [0.29, 0.717) is 23.2 Å². The standard InChI is InChI=1S/C15H11ClFNO3S/c16-12-8-9(4-5-13(12)17)18-15(19)11-2-1-3-14-10(11)6-7-22(14,20)21/h1-5,8H,6-7H2,(H,18,19). The van der Waals surface area contributed by atoms with Gasteiger partial charge in [0, 0.05) is 11.3 Å². The quantitative estimate of drug-likeness (QED) is 0.914. The van der Waals surface area contributed by atoms with Gasteiger partial charge < -0.3 is 5.32 Å². The van der Waals surface area contributed by atoms with Crippen LogP contribution < -0.4 is 5.32 Å². The highest BCUT2D eigenvalue weighted by Crippen LogP contribution is 2.29. The fourth-order valence-corrected chi connectivity index (χ4v) is 4.19. The van der Waals surface area contributed by atoms with E-state index in [2.05, 4.69) is 5.32 Å². The number of anilines is 1. The molecule has 2 aromatic carbocycles. The Kier molecular flexibility index (Phi) is 3.66. The second-order valence-corrected chi connectivity index (χ2v) is 7.42. The van der Waals surface area contributed by atoms with Crippen molar-refractivity contribution in [2.45, 2.75) is 11.3 Å². The number of benzene rings is 2. The summed E-state index contributed by atoms with van der Waals surface area (Å²) in [6, 6.07) is 8.45. The molecule has 114 valence electrons. The Balaban J connectivity index is 1.94. The number of rotatable bonds is 2. The van der Waals surface area contributed by atoms with Gasteiger partial charge in [0.2, 0.25) is 0 Å². The van der Waals surface area contributed by atoms with E-state index in [1.165, 1.54) is 24.3 Å². The van der Waals surface area contributed by atoms with Crippen LogP contribution in [0.5, 0.6) is 0 Å². The normalized spacial score (nSPS) is 15.4. The highest BCUT2D eigenvalue weighted by atomic mass is 35.5. The minimum atomic E-state index is -3.30. The van der Waals surface area contributed by atoms with Gasteiger partial charge in [0.1, 0.15) is 5.82 Å². The number of fused-ring (bicyclic) bond motifs is 1. The number of hydrogen-bond donors (Lipinski definition) is 1. The largest absolute Gasteiger partial charge is 0.322 e. The summed E-state index contributed by atoms with van der Waals surface area (Å²) in [4.78, 5) is 12.5. The van der Waals surface area contributed by atoms with Crippen LogP contribution in [0.1, 0.15) is 15.9 Å². The summed E-state index contributed by atoms with van der Waals surface area (Å²) >= 11 is 5.67. The molecule has 22 heavy (non-hydrogen) atoms. The van der Waals surface area contributed by atoms with Gasteiger partial charge in [-0.15, -0.1) is 0 Å². The van der Waals surface area contributed by atoms with E-state index in [1.54, 1.807) is 6.07 Å². The average Bonchev–Trinajstić information content (AvgIpc) is 2.79. The highest BCUT2D eigenvalue weighted by molar-refractivity contribution is 7.91. The summed E-state index contributed by atoms with van der Waals surface area (Å²) in [5.74, 6) is -1.02. The number of carbonyl (C=O) groups excluding carboxylic acids is 1. The molecule has 1 N–H and O–H groups in total. The molecule has 1 aliphatic rings. The molecule has 3 rings (SSSR count). The van der Waals surface area contributed by atoms with E-state index >= 15 is 0 Å². The van der Waals surface area contributed by atoms with Gasteiger partial charge >= 0.3 is 0 Å². The molecule has 2 aromatic rings. The second-order valence-electron chi connectivity index (χ2n) is 4.93. The van der Waals surface area contributed by atoms with Gasteiger partial charge in [0.25, 0.3) is 5.91 Å². The lowest BCUT2D eigenvalue weighted by Crippen LogP contribution is -2.14. The van der Waals surface area contributed by atoms with Crippen LogP contribution in [0.4, 0.5) is 10.1 Å². The maximum Gasteiger partial charge on any atom is 0.255 e. The Morgan fingerprint density at radius 3 is 2.73 bits per heavy atom. The monoisotopic (exact) mass is 339 g/mol. The maximum atomic E-state index is 13.1. The van der Waals surface area contributed by atoms with Crippen LogP contribution in [0.2, 0.25) is 5.02 Å². The summed E-state index contributed by atoms with van der Waals surface area (Å²) < 4.78 is 36.9. The lowest BCUT2D eigenvalue weighted by atomic mass is 10.0. The van der Waals surface area contributed by atoms with Crippen molar-refractivity contribution < 1.29 is 17.6 Å². The van der Waals surface area contributed by atoms with Crippen LogP contribution in [0, 0.1) is 5.82 Å². The van der Waals surface area contributed by atoms with Gasteiger partial charge in [-0.05, 0) is 42.3 Å². The molecule has 0 radical (unpaired) electrons. The number of nitrogens with one attached hydrogen (secondary N) is 1. The van der Waals surface area contributed by atoms with Crippen molar-refractivity contribution in [3.05, 3.63) is 58.4 Å². The van der Waals surface area contributed by atoms with Crippen LogP contribution in [-0.2, 0) is 16.3 Å². The number of carbonyl (C=O) groups is 1. The zero-order valence-electron chi connectivity index (χ0n) is 11.3. The SMILES string of the molecule is O=C(Nc1ccc(F)c(Cl)c1)c1cccc2c1CCS2(=O)=O. The lowest BCUT2D eigenvalue weighted by Gasteiger charge is -2.09. The maximum absolute atomic E-state index is 13.1.